The van der Waals surface area contributed by atoms with E-state index in [2.05, 4.69) is 15.1 Å². The SMILES string of the molecule is Nc1nc(-c2ccccc2)nc2c1c(-c1ccc(C(F)(F)F)cc1)nn2N. The monoisotopic (exact) mass is 370 g/mol. The quantitative estimate of drug-likeness (QED) is 0.527. The highest BCUT2D eigenvalue weighted by Gasteiger charge is 2.30. The number of fused-ring (bicyclic) bond motifs is 1. The zero-order valence-electron chi connectivity index (χ0n) is 13.8. The number of halogens is 3. The number of nitrogens with two attached hydrogens (primary N) is 2. The van der Waals surface area contributed by atoms with E-state index in [1.807, 2.05) is 30.3 Å². The zero-order valence-corrected chi connectivity index (χ0v) is 13.8. The minimum atomic E-state index is -4.42. The van der Waals surface area contributed by atoms with Crippen LogP contribution >= 0.6 is 0 Å². The lowest BCUT2D eigenvalue weighted by Crippen LogP contribution is -2.11. The van der Waals surface area contributed by atoms with Crippen molar-refractivity contribution in [3.05, 3.63) is 60.2 Å². The molecule has 4 aromatic rings. The number of nitrogens with zero attached hydrogens (tertiary/aromatic N) is 4. The fraction of sp³-hybridized carbons (Fsp3) is 0.0556. The van der Waals surface area contributed by atoms with Crippen LogP contribution in [-0.4, -0.2) is 19.9 Å². The third-order valence-electron chi connectivity index (χ3n) is 4.10. The predicted octanol–water partition coefficient (Wildman–Crippen LogP) is 3.48. The van der Waals surface area contributed by atoms with Crippen LogP contribution in [0.5, 0.6) is 0 Å². The van der Waals surface area contributed by atoms with Crippen LogP contribution in [0, 0.1) is 0 Å². The van der Waals surface area contributed by atoms with Crippen LogP contribution in [0.2, 0.25) is 0 Å². The van der Waals surface area contributed by atoms with Crippen molar-refractivity contribution < 1.29 is 13.2 Å². The fourth-order valence-corrected chi connectivity index (χ4v) is 2.80. The molecule has 0 saturated carbocycles. The smallest absolute Gasteiger partial charge is 0.383 e. The minimum absolute atomic E-state index is 0.144. The number of hydrogen-bond donors (Lipinski definition) is 2. The summed E-state index contributed by atoms with van der Waals surface area (Å²) in [6.07, 6.45) is -4.42. The highest BCUT2D eigenvalue weighted by Crippen LogP contribution is 2.34. The molecule has 0 unspecified atom stereocenters. The van der Waals surface area contributed by atoms with Gasteiger partial charge in [-0.25, -0.2) is 9.97 Å². The minimum Gasteiger partial charge on any atom is -0.383 e. The second-order valence-electron chi connectivity index (χ2n) is 5.87. The molecule has 0 amide bonds. The summed E-state index contributed by atoms with van der Waals surface area (Å²) in [6.45, 7) is 0. The fourth-order valence-electron chi connectivity index (χ4n) is 2.80. The number of alkyl halides is 3. The molecule has 0 atom stereocenters. The van der Waals surface area contributed by atoms with E-state index < -0.39 is 11.7 Å². The average molecular weight is 370 g/mol. The first-order chi connectivity index (χ1) is 12.8. The first-order valence-corrected chi connectivity index (χ1v) is 7.89. The summed E-state index contributed by atoms with van der Waals surface area (Å²) in [4.78, 5) is 9.77. The number of nitrogen functional groups attached to an aromatic ring is 2. The molecule has 2 aromatic heterocycles. The molecule has 6 nitrogen and oxygen atoms in total. The number of hydrogen-bond acceptors (Lipinski definition) is 5. The van der Waals surface area contributed by atoms with Gasteiger partial charge in [-0.3, -0.25) is 0 Å². The van der Waals surface area contributed by atoms with Gasteiger partial charge in [-0.2, -0.15) is 18.0 Å². The van der Waals surface area contributed by atoms with Gasteiger partial charge in [0, 0.05) is 11.1 Å². The van der Waals surface area contributed by atoms with Gasteiger partial charge in [0.1, 0.15) is 11.5 Å². The molecule has 2 aromatic carbocycles. The Balaban J connectivity index is 1.86. The van der Waals surface area contributed by atoms with Crippen molar-refractivity contribution in [2.24, 2.45) is 0 Å². The van der Waals surface area contributed by atoms with E-state index in [-0.39, 0.29) is 11.5 Å². The highest BCUT2D eigenvalue weighted by molar-refractivity contribution is 5.99. The summed E-state index contributed by atoms with van der Waals surface area (Å²) < 4.78 is 38.3. The molecule has 9 heteroatoms. The molecule has 4 N–H and O–H groups in total. The van der Waals surface area contributed by atoms with Crippen LogP contribution in [0.25, 0.3) is 33.7 Å². The number of rotatable bonds is 2. The van der Waals surface area contributed by atoms with E-state index in [0.29, 0.717) is 22.5 Å². The molecule has 0 spiro atoms. The van der Waals surface area contributed by atoms with Crippen molar-refractivity contribution in [1.29, 1.82) is 0 Å². The molecule has 0 aliphatic heterocycles. The first kappa shape index (κ1) is 16.8. The van der Waals surface area contributed by atoms with Crippen molar-refractivity contribution in [3.63, 3.8) is 0 Å². The Labute approximate surface area is 151 Å². The Morgan fingerprint density at radius 3 is 2.15 bits per heavy atom. The molecule has 136 valence electrons. The van der Waals surface area contributed by atoms with Crippen molar-refractivity contribution in [1.82, 2.24) is 19.9 Å². The van der Waals surface area contributed by atoms with Gasteiger partial charge in [-0.1, -0.05) is 42.5 Å². The number of anilines is 1. The van der Waals surface area contributed by atoms with Gasteiger partial charge in [0.15, 0.2) is 11.5 Å². The Bertz CT molecular complexity index is 1120. The highest BCUT2D eigenvalue weighted by atomic mass is 19.4. The molecule has 0 saturated heterocycles. The zero-order chi connectivity index (χ0) is 19.2. The maximum atomic E-state index is 12.8. The average Bonchev–Trinajstić information content (AvgIpc) is 2.99. The van der Waals surface area contributed by atoms with Crippen molar-refractivity contribution in [2.75, 3.05) is 11.6 Å². The molecular formula is C18H13F3N6. The van der Waals surface area contributed by atoms with Gasteiger partial charge in [-0.05, 0) is 12.1 Å². The maximum Gasteiger partial charge on any atom is 0.416 e. The Morgan fingerprint density at radius 1 is 0.852 bits per heavy atom. The van der Waals surface area contributed by atoms with Gasteiger partial charge in [0.05, 0.1) is 10.9 Å². The lowest BCUT2D eigenvalue weighted by Gasteiger charge is -2.07. The molecule has 2 heterocycles. The van der Waals surface area contributed by atoms with Gasteiger partial charge in [0.2, 0.25) is 0 Å². The third kappa shape index (κ3) is 2.92. The van der Waals surface area contributed by atoms with Crippen LogP contribution < -0.4 is 11.6 Å². The van der Waals surface area contributed by atoms with Gasteiger partial charge < -0.3 is 11.6 Å². The van der Waals surface area contributed by atoms with Gasteiger partial charge in [0.25, 0.3) is 0 Å². The molecule has 27 heavy (non-hydrogen) atoms. The summed E-state index contributed by atoms with van der Waals surface area (Å²) in [5, 5.41) is 4.56. The summed E-state index contributed by atoms with van der Waals surface area (Å²) in [5.41, 5.74) is 7.14. The lowest BCUT2D eigenvalue weighted by atomic mass is 10.1. The summed E-state index contributed by atoms with van der Waals surface area (Å²) in [7, 11) is 0. The van der Waals surface area contributed by atoms with Crippen LogP contribution in [0.1, 0.15) is 5.56 Å². The standard InChI is InChI=1S/C18H13F3N6/c19-18(20,21)12-8-6-10(7-9-12)14-13-15(22)24-16(11-4-2-1-3-5-11)25-17(13)27(23)26-14/h1-9H,23H2,(H2,22,24,25). The third-order valence-corrected chi connectivity index (χ3v) is 4.10. The van der Waals surface area contributed by atoms with Crippen LogP contribution in [0.4, 0.5) is 19.0 Å². The molecule has 0 aliphatic carbocycles. The second-order valence-corrected chi connectivity index (χ2v) is 5.87. The second kappa shape index (κ2) is 5.97. The summed E-state index contributed by atoms with van der Waals surface area (Å²) >= 11 is 0. The van der Waals surface area contributed by atoms with Crippen molar-refractivity contribution >= 4 is 16.9 Å². The normalized spacial score (nSPS) is 11.8. The number of aromatic nitrogens is 4. The van der Waals surface area contributed by atoms with Crippen LogP contribution in [-0.2, 0) is 6.18 Å². The lowest BCUT2D eigenvalue weighted by molar-refractivity contribution is -0.137. The largest absolute Gasteiger partial charge is 0.416 e. The van der Waals surface area contributed by atoms with E-state index in [1.54, 1.807) is 0 Å². The molecule has 0 aliphatic rings. The van der Waals surface area contributed by atoms with E-state index in [0.717, 1.165) is 22.5 Å². The Kier molecular flexibility index (Phi) is 3.72. The summed E-state index contributed by atoms with van der Waals surface area (Å²) in [6, 6.07) is 13.8. The Morgan fingerprint density at radius 2 is 1.52 bits per heavy atom. The topological polar surface area (TPSA) is 95.6 Å². The van der Waals surface area contributed by atoms with E-state index in [4.69, 9.17) is 11.6 Å². The molecule has 4 rings (SSSR count). The number of benzene rings is 2. The maximum absolute atomic E-state index is 12.8. The van der Waals surface area contributed by atoms with Crippen molar-refractivity contribution in [2.45, 2.75) is 6.18 Å². The van der Waals surface area contributed by atoms with E-state index >= 15 is 0 Å². The Hall–Kier alpha value is -3.62. The van der Waals surface area contributed by atoms with Gasteiger partial charge >= 0.3 is 6.18 Å². The van der Waals surface area contributed by atoms with E-state index in [9.17, 15) is 13.2 Å². The van der Waals surface area contributed by atoms with Crippen molar-refractivity contribution in [3.8, 4) is 22.6 Å². The van der Waals surface area contributed by atoms with Crippen LogP contribution in [0.15, 0.2) is 54.6 Å². The molecular weight excluding hydrogens is 357 g/mol. The first-order valence-electron chi connectivity index (χ1n) is 7.89. The molecule has 0 bridgehead atoms. The van der Waals surface area contributed by atoms with Gasteiger partial charge in [-0.15, -0.1) is 5.10 Å². The predicted molar refractivity (Wildman–Crippen MR) is 95.8 cm³/mol. The summed E-state index contributed by atoms with van der Waals surface area (Å²) in [5.74, 6) is 6.43. The molecule has 0 radical (unpaired) electrons. The van der Waals surface area contributed by atoms with E-state index in [1.165, 1.54) is 12.1 Å². The van der Waals surface area contributed by atoms with Crippen LogP contribution in [0.3, 0.4) is 0 Å². The molecule has 0 fully saturated rings.